The van der Waals surface area contributed by atoms with Crippen LogP contribution in [-0.4, -0.2) is 10.5 Å². The summed E-state index contributed by atoms with van der Waals surface area (Å²) in [6.45, 7) is 9.13. The van der Waals surface area contributed by atoms with Crippen LogP contribution in [0.25, 0.3) is 0 Å². The Labute approximate surface area is 69.8 Å². The predicted octanol–water partition coefficient (Wildman–Crippen LogP) is 3.71. The minimum absolute atomic E-state index is 0.798. The van der Waals surface area contributed by atoms with E-state index in [0.717, 1.165) is 10.5 Å². The summed E-state index contributed by atoms with van der Waals surface area (Å²) in [7, 11) is 0. The van der Waals surface area contributed by atoms with E-state index in [0.29, 0.717) is 0 Å². The van der Waals surface area contributed by atoms with Gasteiger partial charge < -0.3 is 0 Å². The van der Waals surface area contributed by atoms with Gasteiger partial charge in [0.2, 0.25) is 0 Å². The van der Waals surface area contributed by atoms with E-state index in [1.54, 1.807) is 0 Å². The molecule has 0 bridgehead atoms. The summed E-state index contributed by atoms with van der Waals surface area (Å²) in [5.41, 5.74) is 0. The van der Waals surface area contributed by atoms with E-state index >= 15 is 0 Å². The zero-order chi connectivity index (χ0) is 7.98. The molecule has 1 atom stereocenters. The number of hydrogen-bond donors (Lipinski definition) is 0. The molecule has 62 valence electrons. The van der Waals surface area contributed by atoms with E-state index in [1.807, 2.05) is 0 Å². The van der Waals surface area contributed by atoms with Gasteiger partial charge in [0.25, 0.3) is 0 Å². The molecule has 0 aromatic heterocycles. The van der Waals surface area contributed by atoms with Crippen LogP contribution >= 0.6 is 11.8 Å². The highest BCUT2D eigenvalue weighted by molar-refractivity contribution is 8.00. The van der Waals surface area contributed by atoms with Crippen LogP contribution in [0.5, 0.6) is 0 Å². The van der Waals surface area contributed by atoms with Crippen molar-refractivity contribution < 1.29 is 0 Å². The molecule has 0 radical (unpaired) electrons. The topological polar surface area (TPSA) is 0 Å². The molecule has 0 N–H and O–H groups in total. The number of hydrogen-bond acceptors (Lipinski definition) is 1. The van der Waals surface area contributed by atoms with Crippen molar-refractivity contribution in [1.29, 1.82) is 0 Å². The average Bonchev–Trinajstić information content (AvgIpc) is 1.82. The third-order valence-corrected chi connectivity index (χ3v) is 2.71. The van der Waals surface area contributed by atoms with Gasteiger partial charge in [0.05, 0.1) is 0 Å². The van der Waals surface area contributed by atoms with Crippen LogP contribution < -0.4 is 0 Å². The third kappa shape index (κ3) is 6.47. The molecule has 0 aliphatic rings. The maximum atomic E-state index is 2.33. The van der Waals surface area contributed by atoms with Crippen molar-refractivity contribution in [2.45, 2.75) is 57.5 Å². The van der Waals surface area contributed by atoms with Gasteiger partial charge in [-0.2, -0.15) is 11.8 Å². The first-order chi connectivity index (χ1) is 4.66. The van der Waals surface area contributed by atoms with E-state index in [1.165, 1.54) is 19.3 Å². The van der Waals surface area contributed by atoms with Gasteiger partial charge in [0.15, 0.2) is 0 Å². The van der Waals surface area contributed by atoms with Gasteiger partial charge in [0, 0.05) is 5.25 Å². The largest absolute Gasteiger partial charge is 0.156 e. The fraction of sp³-hybridized carbons (Fsp3) is 1.00. The molecule has 0 aromatic rings. The maximum Gasteiger partial charge on any atom is 0.00212 e. The normalized spacial score (nSPS) is 14.1. The first kappa shape index (κ1) is 10.3. The number of rotatable bonds is 5. The van der Waals surface area contributed by atoms with Crippen LogP contribution in [0.3, 0.4) is 0 Å². The second kappa shape index (κ2) is 6.09. The SMILES string of the molecule is CCCCC(C)SC(C)C. The lowest BCUT2D eigenvalue weighted by Gasteiger charge is -2.12. The smallest absolute Gasteiger partial charge is 0.00212 e. The fourth-order valence-corrected chi connectivity index (χ4v) is 2.26. The summed E-state index contributed by atoms with van der Waals surface area (Å²) in [4.78, 5) is 0. The van der Waals surface area contributed by atoms with E-state index in [2.05, 4.69) is 39.5 Å². The molecule has 10 heavy (non-hydrogen) atoms. The van der Waals surface area contributed by atoms with Gasteiger partial charge in [-0.05, 0) is 11.7 Å². The Bertz CT molecular complexity index is 69.1. The molecule has 0 aromatic carbocycles. The predicted molar refractivity (Wildman–Crippen MR) is 51.7 cm³/mol. The molecule has 0 saturated heterocycles. The van der Waals surface area contributed by atoms with Crippen molar-refractivity contribution in [3.8, 4) is 0 Å². The lowest BCUT2D eigenvalue weighted by atomic mass is 10.2. The van der Waals surface area contributed by atoms with Crippen molar-refractivity contribution in [2.75, 3.05) is 0 Å². The lowest BCUT2D eigenvalue weighted by molar-refractivity contribution is 0.711. The standard InChI is InChI=1S/C9H20S/c1-5-6-7-9(4)10-8(2)3/h8-9H,5-7H2,1-4H3. The monoisotopic (exact) mass is 160 g/mol. The van der Waals surface area contributed by atoms with E-state index < -0.39 is 0 Å². The summed E-state index contributed by atoms with van der Waals surface area (Å²) in [5.74, 6) is 0. The van der Waals surface area contributed by atoms with Gasteiger partial charge in [-0.1, -0.05) is 40.5 Å². The lowest BCUT2D eigenvalue weighted by Crippen LogP contribution is -2.00. The first-order valence-corrected chi connectivity index (χ1v) is 5.26. The minimum Gasteiger partial charge on any atom is -0.156 e. The van der Waals surface area contributed by atoms with Crippen LogP contribution in [0.15, 0.2) is 0 Å². The summed E-state index contributed by atoms with van der Waals surface area (Å²) >= 11 is 2.09. The van der Waals surface area contributed by atoms with Crippen LogP contribution in [0.2, 0.25) is 0 Å². The van der Waals surface area contributed by atoms with Crippen molar-refractivity contribution >= 4 is 11.8 Å². The Morgan fingerprint density at radius 2 is 1.80 bits per heavy atom. The van der Waals surface area contributed by atoms with E-state index in [4.69, 9.17) is 0 Å². The van der Waals surface area contributed by atoms with Gasteiger partial charge in [-0.3, -0.25) is 0 Å². The fourth-order valence-electron chi connectivity index (χ4n) is 1.02. The molecule has 1 unspecified atom stereocenters. The highest BCUT2D eigenvalue weighted by atomic mass is 32.2. The van der Waals surface area contributed by atoms with Crippen molar-refractivity contribution in [3.05, 3.63) is 0 Å². The number of unbranched alkanes of at least 4 members (excludes halogenated alkanes) is 1. The van der Waals surface area contributed by atoms with Gasteiger partial charge in [-0.25, -0.2) is 0 Å². The summed E-state index contributed by atoms with van der Waals surface area (Å²) < 4.78 is 0. The molecule has 0 spiro atoms. The molecular weight excluding hydrogens is 140 g/mol. The van der Waals surface area contributed by atoms with Crippen LogP contribution in [0, 0.1) is 0 Å². The molecule has 0 aliphatic carbocycles. The highest BCUT2D eigenvalue weighted by Gasteiger charge is 2.03. The molecule has 0 amide bonds. The van der Waals surface area contributed by atoms with Crippen LogP contribution in [0.4, 0.5) is 0 Å². The molecule has 0 rings (SSSR count). The summed E-state index contributed by atoms with van der Waals surface area (Å²) in [6, 6.07) is 0. The Morgan fingerprint density at radius 1 is 1.20 bits per heavy atom. The Balaban J connectivity index is 3.16. The first-order valence-electron chi connectivity index (χ1n) is 4.32. The second-order valence-electron chi connectivity index (χ2n) is 3.14. The molecule has 0 heterocycles. The highest BCUT2D eigenvalue weighted by Crippen LogP contribution is 2.20. The molecular formula is C9H20S. The van der Waals surface area contributed by atoms with Crippen molar-refractivity contribution in [1.82, 2.24) is 0 Å². The van der Waals surface area contributed by atoms with Gasteiger partial charge >= 0.3 is 0 Å². The molecule has 0 nitrogen and oxygen atoms in total. The van der Waals surface area contributed by atoms with E-state index in [9.17, 15) is 0 Å². The summed E-state index contributed by atoms with van der Waals surface area (Å²) in [5, 5.41) is 1.66. The van der Waals surface area contributed by atoms with Gasteiger partial charge in [0.1, 0.15) is 0 Å². The summed E-state index contributed by atoms with van der Waals surface area (Å²) in [6.07, 6.45) is 4.11. The number of thioether (sulfide) groups is 1. The molecule has 0 aliphatic heterocycles. The minimum atomic E-state index is 0.798. The van der Waals surface area contributed by atoms with Crippen LogP contribution in [0.1, 0.15) is 47.0 Å². The van der Waals surface area contributed by atoms with Crippen molar-refractivity contribution in [3.63, 3.8) is 0 Å². The Morgan fingerprint density at radius 3 is 2.20 bits per heavy atom. The maximum absolute atomic E-state index is 2.33. The van der Waals surface area contributed by atoms with E-state index in [-0.39, 0.29) is 0 Å². The zero-order valence-corrected chi connectivity index (χ0v) is 8.50. The second-order valence-corrected chi connectivity index (χ2v) is 5.16. The zero-order valence-electron chi connectivity index (χ0n) is 7.68. The quantitative estimate of drug-likeness (QED) is 0.591. The average molecular weight is 160 g/mol. The van der Waals surface area contributed by atoms with Gasteiger partial charge in [-0.15, -0.1) is 0 Å². The van der Waals surface area contributed by atoms with Crippen LogP contribution in [-0.2, 0) is 0 Å². The molecule has 0 fully saturated rings. The van der Waals surface area contributed by atoms with Crippen molar-refractivity contribution in [2.24, 2.45) is 0 Å². The Hall–Kier alpha value is 0.350. The molecule has 0 saturated carbocycles. The molecule has 1 heteroatoms. The Kier molecular flexibility index (Phi) is 6.30. The third-order valence-electron chi connectivity index (χ3n) is 1.47.